The fourth-order valence-electron chi connectivity index (χ4n) is 1.31. The molecule has 1 aromatic carbocycles. The molecule has 15 heavy (non-hydrogen) atoms. The number of carbonyl (C=O) groups excluding carboxylic acids is 1. The Morgan fingerprint density at radius 1 is 1.33 bits per heavy atom. The molecule has 2 aromatic rings. The number of benzene rings is 1. The summed E-state index contributed by atoms with van der Waals surface area (Å²) in [6, 6.07) is 5.59. The van der Waals surface area contributed by atoms with Crippen LogP contribution in [0.3, 0.4) is 0 Å². The molecule has 0 unspecified atom stereocenters. The van der Waals surface area contributed by atoms with Crippen molar-refractivity contribution in [1.82, 2.24) is 8.75 Å². The Balaban J connectivity index is 2.57. The van der Waals surface area contributed by atoms with Crippen LogP contribution in [0, 0.1) is 0 Å². The number of amides is 1. The lowest BCUT2D eigenvalue weighted by Crippen LogP contribution is -2.35. The summed E-state index contributed by atoms with van der Waals surface area (Å²) in [4.78, 5) is 11.3. The minimum atomic E-state index is -0.669. The van der Waals surface area contributed by atoms with Crippen molar-refractivity contribution in [2.24, 2.45) is 5.73 Å². The third-order valence-electron chi connectivity index (χ3n) is 2.59. The second-order valence-electron chi connectivity index (χ2n) is 3.96. The van der Waals surface area contributed by atoms with Gasteiger partial charge in [0.25, 0.3) is 0 Å². The highest BCUT2D eigenvalue weighted by atomic mass is 32.1. The number of hydrogen-bond donors (Lipinski definition) is 1. The summed E-state index contributed by atoms with van der Waals surface area (Å²) in [7, 11) is 0. The van der Waals surface area contributed by atoms with Crippen molar-refractivity contribution in [3.8, 4) is 0 Å². The molecule has 0 aliphatic rings. The molecule has 1 heterocycles. The number of nitrogens with two attached hydrogens (primary N) is 1. The fourth-order valence-corrected chi connectivity index (χ4v) is 1.83. The van der Waals surface area contributed by atoms with Gasteiger partial charge in [-0.25, -0.2) is 0 Å². The van der Waals surface area contributed by atoms with E-state index in [9.17, 15) is 4.79 Å². The number of primary amides is 1. The molecule has 0 atom stereocenters. The van der Waals surface area contributed by atoms with E-state index < -0.39 is 5.41 Å². The lowest BCUT2D eigenvalue weighted by atomic mass is 9.84. The quantitative estimate of drug-likeness (QED) is 0.834. The topological polar surface area (TPSA) is 68.9 Å². The number of nitrogens with zero attached hydrogens (tertiary/aromatic N) is 2. The largest absolute Gasteiger partial charge is 0.369 e. The maximum absolute atomic E-state index is 11.3. The van der Waals surface area contributed by atoms with Crippen molar-refractivity contribution in [2.45, 2.75) is 19.3 Å². The van der Waals surface area contributed by atoms with Crippen molar-refractivity contribution < 1.29 is 4.79 Å². The minimum Gasteiger partial charge on any atom is -0.369 e. The van der Waals surface area contributed by atoms with Crippen molar-refractivity contribution >= 4 is 28.7 Å². The maximum atomic E-state index is 11.3. The van der Waals surface area contributed by atoms with E-state index in [1.165, 1.54) is 0 Å². The third kappa shape index (κ3) is 1.59. The molecular formula is C10H11N3OS. The minimum absolute atomic E-state index is 0.343. The standard InChI is InChI=1S/C10H11N3OS/c1-10(2,9(11)14)6-3-4-7-8(5-6)13-15-12-7/h3-5H,1-2H3,(H2,11,14). The van der Waals surface area contributed by atoms with Crippen molar-refractivity contribution in [3.63, 3.8) is 0 Å². The molecule has 0 bridgehead atoms. The Kier molecular flexibility index (Phi) is 2.19. The summed E-state index contributed by atoms with van der Waals surface area (Å²) in [5, 5.41) is 0. The zero-order chi connectivity index (χ0) is 11.1. The molecule has 0 fully saturated rings. The Hall–Kier alpha value is -1.49. The molecule has 1 amide bonds. The van der Waals surface area contributed by atoms with Crippen LogP contribution in [0.2, 0.25) is 0 Å². The zero-order valence-corrected chi connectivity index (χ0v) is 9.34. The first-order valence-corrected chi connectivity index (χ1v) is 5.27. The van der Waals surface area contributed by atoms with Crippen LogP contribution in [0.5, 0.6) is 0 Å². The van der Waals surface area contributed by atoms with E-state index in [1.54, 1.807) is 13.8 Å². The van der Waals surface area contributed by atoms with Crippen LogP contribution in [0.25, 0.3) is 11.0 Å². The van der Waals surface area contributed by atoms with Gasteiger partial charge >= 0.3 is 0 Å². The maximum Gasteiger partial charge on any atom is 0.227 e. The van der Waals surface area contributed by atoms with Gasteiger partial charge in [-0.05, 0) is 31.5 Å². The first kappa shape index (κ1) is 10.0. The van der Waals surface area contributed by atoms with Gasteiger partial charge in [0.1, 0.15) is 11.0 Å². The van der Waals surface area contributed by atoms with Gasteiger partial charge in [0.2, 0.25) is 5.91 Å². The van der Waals surface area contributed by atoms with E-state index in [0.29, 0.717) is 0 Å². The van der Waals surface area contributed by atoms with Crippen LogP contribution in [0.1, 0.15) is 19.4 Å². The monoisotopic (exact) mass is 221 g/mol. The highest BCUT2D eigenvalue weighted by molar-refractivity contribution is 7.00. The number of hydrogen-bond acceptors (Lipinski definition) is 4. The van der Waals surface area contributed by atoms with Gasteiger partial charge in [-0.2, -0.15) is 8.75 Å². The molecule has 0 radical (unpaired) electrons. The van der Waals surface area contributed by atoms with Crippen LogP contribution in [0.4, 0.5) is 0 Å². The molecular weight excluding hydrogens is 210 g/mol. The molecule has 0 aliphatic heterocycles. The van der Waals surface area contributed by atoms with Gasteiger partial charge in [-0.1, -0.05) is 6.07 Å². The highest BCUT2D eigenvalue weighted by Crippen LogP contribution is 2.25. The summed E-state index contributed by atoms with van der Waals surface area (Å²) >= 11 is 1.16. The Morgan fingerprint density at radius 3 is 2.67 bits per heavy atom. The van der Waals surface area contributed by atoms with Gasteiger partial charge in [0, 0.05) is 0 Å². The van der Waals surface area contributed by atoms with Crippen LogP contribution >= 0.6 is 11.7 Å². The number of fused-ring (bicyclic) bond motifs is 1. The van der Waals surface area contributed by atoms with Gasteiger partial charge in [-0.3, -0.25) is 4.79 Å². The summed E-state index contributed by atoms with van der Waals surface area (Å²) in [5.74, 6) is -0.343. The Labute approximate surface area is 91.4 Å². The highest BCUT2D eigenvalue weighted by Gasteiger charge is 2.27. The van der Waals surface area contributed by atoms with E-state index >= 15 is 0 Å². The average molecular weight is 221 g/mol. The van der Waals surface area contributed by atoms with Crippen molar-refractivity contribution in [3.05, 3.63) is 23.8 Å². The number of aromatic nitrogens is 2. The van der Waals surface area contributed by atoms with Gasteiger partial charge in [0.05, 0.1) is 17.1 Å². The normalized spacial score (nSPS) is 11.9. The molecule has 1 aromatic heterocycles. The van der Waals surface area contributed by atoms with E-state index in [-0.39, 0.29) is 5.91 Å². The van der Waals surface area contributed by atoms with Crippen LogP contribution in [-0.2, 0) is 10.2 Å². The van der Waals surface area contributed by atoms with Crippen molar-refractivity contribution in [2.75, 3.05) is 0 Å². The molecule has 0 spiro atoms. The first-order chi connectivity index (χ1) is 7.01. The third-order valence-corrected chi connectivity index (χ3v) is 3.15. The molecule has 2 rings (SSSR count). The van der Waals surface area contributed by atoms with Gasteiger partial charge in [0.15, 0.2) is 0 Å². The summed E-state index contributed by atoms with van der Waals surface area (Å²) < 4.78 is 8.23. The van der Waals surface area contributed by atoms with E-state index in [0.717, 1.165) is 28.3 Å². The number of carbonyl (C=O) groups is 1. The Bertz CT molecular complexity index is 518. The van der Waals surface area contributed by atoms with Crippen molar-refractivity contribution in [1.29, 1.82) is 0 Å². The zero-order valence-electron chi connectivity index (χ0n) is 8.52. The summed E-state index contributed by atoms with van der Waals surface area (Å²) in [6.07, 6.45) is 0. The SMILES string of the molecule is CC(C)(C(N)=O)c1ccc2nsnc2c1. The molecule has 0 saturated carbocycles. The lowest BCUT2D eigenvalue weighted by molar-refractivity contribution is -0.122. The lowest BCUT2D eigenvalue weighted by Gasteiger charge is -2.20. The van der Waals surface area contributed by atoms with Gasteiger partial charge in [-0.15, -0.1) is 0 Å². The second-order valence-corrected chi connectivity index (χ2v) is 4.49. The van der Waals surface area contributed by atoms with E-state index in [4.69, 9.17) is 5.73 Å². The van der Waals surface area contributed by atoms with Gasteiger partial charge < -0.3 is 5.73 Å². The molecule has 2 N–H and O–H groups in total. The molecule has 5 heteroatoms. The Morgan fingerprint density at radius 2 is 2.00 bits per heavy atom. The smallest absolute Gasteiger partial charge is 0.227 e. The molecule has 0 saturated heterocycles. The van der Waals surface area contributed by atoms with Crippen LogP contribution in [-0.4, -0.2) is 14.7 Å². The first-order valence-electron chi connectivity index (χ1n) is 4.54. The predicted octanol–water partition coefficient (Wildman–Crippen LogP) is 1.45. The molecule has 78 valence electrons. The summed E-state index contributed by atoms with van der Waals surface area (Å²) in [6.45, 7) is 3.60. The second kappa shape index (κ2) is 3.27. The van der Waals surface area contributed by atoms with E-state index in [1.807, 2.05) is 18.2 Å². The molecule has 0 aliphatic carbocycles. The number of rotatable bonds is 2. The average Bonchev–Trinajstić information content (AvgIpc) is 2.63. The fraction of sp³-hybridized carbons (Fsp3) is 0.300. The summed E-state index contributed by atoms with van der Waals surface area (Å²) in [5.41, 5.74) is 7.21. The van der Waals surface area contributed by atoms with Crippen LogP contribution in [0.15, 0.2) is 18.2 Å². The predicted molar refractivity (Wildman–Crippen MR) is 59.6 cm³/mol. The van der Waals surface area contributed by atoms with E-state index in [2.05, 4.69) is 8.75 Å². The van der Waals surface area contributed by atoms with Crippen LogP contribution < -0.4 is 5.73 Å². The molecule has 4 nitrogen and oxygen atoms in total.